The van der Waals surface area contributed by atoms with Crippen molar-refractivity contribution in [1.29, 1.82) is 0 Å². The number of hydrogen-bond donors (Lipinski definition) is 0. The molecule has 1 aliphatic rings. The summed E-state index contributed by atoms with van der Waals surface area (Å²) >= 11 is 1.22. The van der Waals surface area contributed by atoms with E-state index in [0.29, 0.717) is 49.2 Å². The number of carbonyl (C=O) groups is 1. The van der Waals surface area contributed by atoms with Crippen LogP contribution in [0, 0.1) is 0 Å². The number of benzene rings is 2. The fraction of sp³-hybridized carbons (Fsp3) is 0.323. The SMILES string of the molecule is C=CCOc1c(/C=c2/sc3n(c2=O)[C@@H](c2ccc(OC(C)C)c(OC)c2)C(C(=O)OCC)=C(C)N=3)cccc1OC. The van der Waals surface area contributed by atoms with Gasteiger partial charge in [-0.3, -0.25) is 9.36 Å². The van der Waals surface area contributed by atoms with Crippen LogP contribution in [0.1, 0.15) is 44.9 Å². The lowest BCUT2D eigenvalue weighted by Gasteiger charge is -2.25. The van der Waals surface area contributed by atoms with Gasteiger partial charge in [-0.25, -0.2) is 9.79 Å². The minimum absolute atomic E-state index is 0.0679. The maximum atomic E-state index is 14.0. The molecule has 0 N–H and O–H groups in total. The van der Waals surface area contributed by atoms with E-state index in [-0.39, 0.29) is 30.5 Å². The number of para-hydroxylation sites is 1. The summed E-state index contributed by atoms with van der Waals surface area (Å²) < 4.78 is 30.2. The van der Waals surface area contributed by atoms with Gasteiger partial charge >= 0.3 is 5.97 Å². The summed E-state index contributed by atoms with van der Waals surface area (Å²) in [6.07, 6.45) is 3.31. The number of allylic oxidation sites excluding steroid dienone is 1. The number of ether oxygens (including phenoxy) is 5. The first kappa shape index (κ1) is 29.7. The summed E-state index contributed by atoms with van der Waals surface area (Å²) in [4.78, 5) is 32.4. The van der Waals surface area contributed by atoms with Crippen molar-refractivity contribution in [3.05, 3.63) is 91.1 Å². The molecular weight excluding hydrogens is 544 g/mol. The van der Waals surface area contributed by atoms with Crippen molar-refractivity contribution in [2.45, 2.75) is 39.8 Å². The number of hydrogen-bond acceptors (Lipinski definition) is 9. The van der Waals surface area contributed by atoms with Crippen LogP contribution >= 0.6 is 11.3 Å². The van der Waals surface area contributed by atoms with Crippen molar-refractivity contribution in [2.24, 2.45) is 4.99 Å². The molecule has 0 amide bonds. The normalized spacial score (nSPS) is 14.8. The van der Waals surface area contributed by atoms with E-state index in [4.69, 9.17) is 23.7 Å². The minimum Gasteiger partial charge on any atom is -0.493 e. The third-order valence-electron chi connectivity index (χ3n) is 6.24. The van der Waals surface area contributed by atoms with Gasteiger partial charge in [0, 0.05) is 5.56 Å². The Kier molecular flexibility index (Phi) is 9.34. The zero-order chi connectivity index (χ0) is 29.7. The van der Waals surface area contributed by atoms with Gasteiger partial charge in [0.2, 0.25) is 0 Å². The third kappa shape index (κ3) is 6.07. The molecule has 0 saturated heterocycles. The average Bonchev–Trinajstić information content (AvgIpc) is 3.25. The van der Waals surface area contributed by atoms with Gasteiger partial charge in [0.15, 0.2) is 27.8 Å². The molecule has 1 aromatic heterocycles. The lowest BCUT2D eigenvalue weighted by Crippen LogP contribution is -2.40. The van der Waals surface area contributed by atoms with Crippen LogP contribution in [-0.2, 0) is 9.53 Å². The van der Waals surface area contributed by atoms with E-state index in [2.05, 4.69) is 11.6 Å². The molecule has 1 aliphatic heterocycles. The van der Waals surface area contributed by atoms with E-state index < -0.39 is 12.0 Å². The first-order chi connectivity index (χ1) is 19.7. The van der Waals surface area contributed by atoms with Gasteiger partial charge in [0.05, 0.1) is 48.8 Å². The molecular formula is C31H34N2O7S. The van der Waals surface area contributed by atoms with Gasteiger partial charge in [-0.1, -0.05) is 42.2 Å². The number of esters is 1. The Hall–Kier alpha value is -4.31. The first-order valence-corrected chi connectivity index (χ1v) is 14.0. The largest absolute Gasteiger partial charge is 0.493 e. The molecule has 216 valence electrons. The van der Waals surface area contributed by atoms with E-state index in [0.717, 1.165) is 0 Å². The van der Waals surface area contributed by atoms with Gasteiger partial charge in [0.1, 0.15) is 6.61 Å². The molecule has 3 aromatic rings. The molecule has 4 rings (SSSR count). The quantitative estimate of drug-likeness (QED) is 0.249. The van der Waals surface area contributed by atoms with E-state index >= 15 is 0 Å². The molecule has 2 heterocycles. The summed E-state index contributed by atoms with van der Waals surface area (Å²) in [6.45, 7) is 11.5. The van der Waals surface area contributed by atoms with Crippen molar-refractivity contribution in [2.75, 3.05) is 27.4 Å². The molecule has 2 aromatic carbocycles. The van der Waals surface area contributed by atoms with E-state index in [1.807, 2.05) is 32.0 Å². The summed E-state index contributed by atoms with van der Waals surface area (Å²) in [6, 6.07) is 10.0. The highest BCUT2D eigenvalue weighted by molar-refractivity contribution is 7.07. The Morgan fingerprint density at radius 2 is 1.90 bits per heavy atom. The Morgan fingerprint density at radius 3 is 2.56 bits per heavy atom. The Morgan fingerprint density at radius 1 is 1.15 bits per heavy atom. The van der Waals surface area contributed by atoms with Gasteiger partial charge in [-0.05, 0) is 57.5 Å². The fourth-order valence-electron chi connectivity index (χ4n) is 4.56. The Labute approximate surface area is 242 Å². The smallest absolute Gasteiger partial charge is 0.338 e. The molecule has 0 spiro atoms. The number of rotatable bonds is 11. The second-order valence-corrected chi connectivity index (χ2v) is 10.4. The summed E-state index contributed by atoms with van der Waals surface area (Å²) in [7, 11) is 3.10. The monoisotopic (exact) mass is 578 g/mol. The van der Waals surface area contributed by atoms with Crippen molar-refractivity contribution in [3.8, 4) is 23.0 Å². The third-order valence-corrected chi connectivity index (χ3v) is 7.23. The summed E-state index contributed by atoms with van der Waals surface area (Å²) in [5.74, 6) is 1.52. The van der Waals surface area contributed by atoms with Crippen LogP contribution in [-0.4, -0.2) is 44.1 Å². The minimum atomic E-state index is -0.795. The van der Waals surface area contributed by atoms with Crippen LogP contribution in [0.4, 0.5) is 0 Å². The van der Waals surface area contributed by atoms with Crippen LogP contribution in [0.25, 0.3) is 6.08 Å². The molecule has 0 unspecified atom stereocenters. The molecule has 0 aliphatic carbocycles. The molecule has 0 bridgehead atoms. The van der Waals surface area contributed by atoms with Crippen molar-refractivity contribution in [3.63, 3.8) is 0 Å². The number of fused-ring (bicyclic) bond motifs is 1. The first-order valence-electron chi connectivity index (χ1n) is 13.2. The highest BCUT2D eigenvalue weighted by Gasteiger charge is 2.34. The van der Waals surface area contributed by atoms with Crippen molar-refractivity contribution < 1.29 is 28.5 Å². The van der Waals surface area contributed by atoms with Crippen molar-refractivity contribution >= 4 is 23.4 Å². The molecule has 0 radical (unpaired) electrons. The highest BCUT2D eigenvalue weighted by atomic mass is 32.1. The Bertz CT molecular complexity index is 1670. The predicted molar refractivity (Wildman–Crippen MR) is 158 cm³/mol. The number of aromatic nitrogens is 1. The zero-order valence-electron chi connectivity index (χ0n) is 24.1. The molecule has 10 heteroatoms. The molecule has 1 atom stereocenters. The number of nitrogens with zero attached hydrogens (tertiary/aromatic N) is 2. The number of thiazole rings is 1. The molecule has 0 fully saturated rings. The van der Waals surface area contributed by atoms with E-state index in [9.17, 15) is 9.59 Å². The van der Waals surface area contributed by atoms with E-state index in [1.165, 1.54) is 15.9 Å². The molecule has 41 heavy (non-hydrogen) atoms. The van der Waals surface area contributed by atoms with Crippen LogP contribution in [0.2, 0.25) is 0 Å². The van der Waals surface area contributed by atoms with Crippen molar-refractivity contribution in [1.82, 2.24) is 4.57 Å². The lowest BCUT2D eigenvalue weighted by molar-refractivity contribution is -0.139. The molecule has 0 saturated carbocycles. The highest BCUT2D eigenvalue weighted by Crippen LogP contribution is 2.37. The van der Waals surface area contributed by atoms with Crippen LogP contribution < -0.4 is 33.8 Å². The predicted octanol–water partition coefficient (Wildman–Crippen LogP) is 4.17. The summed E-state index contributed by atoms with van der Waals surface area (Å²) in [5, 5.41) is 0. The van der Waals surface area contributed by atoms with Gasteiger partial charge < -0.3 is 23.7 Å². The van der Waals surface area contributed by atoms with Gasteiger partial charge in [-0.15, -0.1) is 0 Å². The second-order valence-electron chi connectivity index (χ2n) is 9.36. The summed E-state index contributed by atoms with van der Waals surface area (Å²) in [5.41, 5.74) is 1.75. The number of carbonyl (C=O) groups excluding carboxylic acids is 1. The van der Waals surface area contributed by atoms with Crippen LogP contribution in [0.15, 0.2) is 70.1 Å². The second kappa shape index (κ2) is 12.9. The van der Waals surface area contributed by atoms with E-state index in [1.54, 1.807) is 58.4 Å². The zero-order valence-corrected chi connectivity index (χ0v) is 24.9. The Balaban J connectivity index is 1.95. The van der Waals surface area contributed by atoms with Crippen LogP contribution in [0.5, 0.6) is 23.0 Å². The fourth-order valence-corrected chi connectivity index (χ4v) is 5.60. The van der Waals surface area contributed by atoms with Gasteiger partial charge in [-0.2, -0.15) is 0 Å². The van der Waals surface area contributed by atoms with Crippen LogP contribution in [0.3, 0.4) is 0 Å². The maximum Gasteiger partial charge on any atom is 0.338 e. The lowest BCUT2D eigenvalue weighted by atomic mass is 9.95. The maximum absolute atomic E-state index is 14.0. The topological polar surface area (TPSA) is 97.6 Å². The standard InChI is InChI=1S/C31H34N2O7S/c1-8-15-39-28-21(11-10-12-23(28)36-6)17-25-29(34)33-27(20-13-14-22(40-18(3)4)24(16-20)37-7)26(30(35)38-9-2)19(5)32-31(33)41-25/h8,10-14,16-18,27H,1,9,15H2,2-7H3/b25-17+/t27-/m0/s1. The number of methoxy groups -OCH3 is 2. The molecule has 9 nitrogen and oxygen atoms in total. The van der Waals surface area contributed by atoms with Gasteiger partial charge in [0.25, 0.3) is 5.56 Å². The average molecular weight is 579 g/mol.